The summed E-state index contributed by atoms with van der Waals surface area (Å²) in [5.74, 6) is 3.19. The number of hydrogen-bond donors (Lipinski definition) is 0. The highest BCUT2D eigenvalue weighted by Crippen LogP contribution is 2.34. The Morgan fingerprint density at radius 2 is 2.40 bits per heavy atom. The third-order valence-corrected chi connectivity index (χ3v) is 1.75. The standard InChI is InChI=1S/C8H7N2/c1-2-6-5-9-10-8(6)7-3-4-7/h1,5,7H,3-4H2. The molecule has 0 aromatic carbocycles. The van der Waals surface area contributed by atoms with Crippen LogP contribution in [0.25, 0.3) is 0 Å². The second kappa shape index (κ2) is 1.88. The molecule has 2 nitrogen and oxygen atoms in total. The molecular weight excluding hydrogens is 124 g/mol. The van der Waals surface area contributed by atoms with Crippen molar-refractivity contribution in [3.8, 4) is 12.3 Å². The Bertz CT molecular complexity index is 251. The molecule has 0 unspecified atom stereocenters. The van der Waals surface area contributed by atoms with Gasteiger partial charge in [-0.2, -0.15) is 10.5 Å². The average Bonchev–Trinajstić information content (AvgIpc) is 2.69. The van der Waals surface area contributed by atoms with Crippen LogP contribution < -0.4 is 5.43 Å². The number of rotatable bonds is 1. The van der Waals surface area contributed by atoms with E-state index in [1.54, 1.807) is 6.20 Å². The zero-order valence-electron chi connectivity index (χ0n) is 5.54. The van der Waals surface area contributed by atoms with E-state index in [2.05, 4.69) is 16.4 Å². The molecule has 10 heavy (non-hydrogen) atoms. The summed E-state index contributed by atoms with van der Waals surface area (Å²) in [6, 6.07) is 0. The molecular formula is C8H7N2. The largest absolute Gasteiger partial charge is 0.157 e. The fourth-order valence-corrected chi connectivity index (χ4v) is 1.04. The highest BCUT2D eigenvalue weighted by atomic mass is 15.3. The smallest absolute Gasteiger partial charge is 0.0833 e. The van der Waals surface area contributed by atoms with E-state index >= 15 is 0 Å². The first-order chi connectivity index (χ1) is 4.92. The van der Waals surface area contributed by atoms with E-state index in [4.69, 9.17) is 6.42 Å². The van der Waals surface area contributed by atoms with Crippen LogP contribution in [0.1, 0.15) is 12.8 Å². The summed E-state index contributed by atoms with van der Waals surface area (Å²) in [6.45, 7) is 0. The second-order valence-electron chi connectivity index (χ2n) is 2.56. The van der Waals surface area contributed by atoms with Crippen molar-refractivity contribution in [2.75, 3.05) is 0 Å². The minimum Gasteiger partial charge on any atom is -0.157 e. The molecule has 2 aliphatic rings. The van der Waals surface area contributed by atoms with Crippen LogP contribution in [0.15, 0.2) is 16.9 Å². The van der Waals surface area contributed by atoms with Gasteiger partial charge in [-0.25, -0.2) is 0 Å². The number of hydrogen-bond acceptors (Lipinski definition) is 1. The lowest BCUT2D eigenvalue weighted by Gasteiger charge is -1.91. The summed E-state index contributed by atoms with van der Waals surface area (Å²) in [7, 11) is 0. The third-order valence-electron chi connectivity index (χ3n) is 1.75. The van der Waals surface area contributed by atoms with Crippen LogP contribution in [-0.4, -0.2) is 5.71 Å². The molecule has 1 fully saturated rings. The van der Waals surface area contributed by atoms with Gasteiger partial charge in [0, 0.05) is 5.92 Å². The predicted octanol–water partition coefficient (Wildman–Crippen LogP) is 0.887. The summed E-state index contributed by atoms with van der Waals surface area (Å²) in [5, 5.41) is 3.96. The first-order valence-electron chi connectivity index (χ1n) is 3.36. The average molecular weight is 131 g/mol. The zero-order chi connectivity index (χ0) is 6.97. The molecule has 0 N–H and O–H groups in total. The molecule has 1 radical (unpaired) electrons. The molecule has 1 aliphatic heterocycles. The molecule has 0 amide bonds. The number of terminal acetylenes is 1. The summed E-state index contributed by atoms with van der Waals surface area (Å²) in [4.78, 5) is 0. The Morgan fingerprint density at radius 1 is 1.60 bits per heavy atom. The summed E-state index contributed by atoms with van der Waals surface area (Å²) >= 11 is 0. The maximum Gasteiger partial charge on any atom is 0.0833 e. The van der Waals surface area contributed by atoms with Gasteiger partial charge in [-0.1, -0.05) is 5.92 Å². The molecule has 2 rings (SSSR count). The fraction of sp³-hybridized carbons (Fsp3) is 0.375. The van der Waals surface area contributed by atoms with Gasteiger partial charge >= 0.3 is 0 Å². The maximum absolute atomic E-state index is 5.23. The van der Waals surface area contributed by atoms with Crippen molar-refractivity contribution in [1.82, 2.24) is 5.43 Å². The van der Waals surface area contributed by atoms with Crippen LogP contribution in [0.5, 0.6) is 0 Å². The van der Waals surface area contributed by atoms with Crippen LogP contribution in [0.4, 0.5) is 0 Å². The van der Waals surface area contributed by atoms with Crippen LogP contribution in [-0.2, 0) is 0 Å². The maximum atomic E-state index is 5.23. The lowest BCUT2D eigenvalue weighted by Crippen LogP contribution is -1.99. The molecule has 0 bridgehead atoms. The Kier molecular flexibility index (Phi) is 1.04. The molecule has 0 spiro atoms. The fourth-order valence-electron chi connectivity index (χ4n) is 1.04. The van der Waals surface area contributed by atoms with Crippen molar-refractivity contribution in [1.29, 1.82) is 0 Å². The van der Waals surface area contributed by atoms with Crippen LogP contribution in [0.2, 0.25) is 0 Å². The Labute approximate surface area is 60.0 Å². The number of nitrogens with zero attached hydrogens (tertiary/aromatic N) is 2. The zero-order valence-corrected chi connectivity index (χ0v) is 5.54. The lowest BCUT2D eigenvalue weighted by atomic mass is 10.1. The molecule has 0 aromatic heterocycles. The van der Waals surface area contributed by atoms with Gasteiger partial charge in [-0.15, -0.1) is 6.42 Å². The van der Waals surface area contributed by atoms with Crippen molar-refractivity contribution in [3.63, 3.8) is 0 Å². The van der Waals surface area contributed by atoms with E-state index in [0.717, 1.165) is 11.3 Å². The first-order valence-corrected chi connectivity index (χ1v) is 3.36. The molecule has 0 saturated heterocycles. The summed E-state index contributed by atoms with van der Waals surface area (Å²) in [5.41, 5.74) is 5.67. The minimum absolute atomic E-state index is 0.619. The van der Waals surface area contributed by atoms with Gasteiger partial charge in [0.05, 0.1) is 17.5 Å². The monoisotopic (exact) mass is 131 g/mol. The van der Waals surface area contributed by atoms with Gasteiger partial charge in [-0.05, 0) is 12.8 Å². The van der Waals surface area contributed by atoms with Crippen LogP contribution >= 0.6 is 0 Å². The first kappa shape index (κ1) is 5.55. The molecule has 0 atom stereocenters. The van der Waals surface area contributed by atoms with Gasteiger partial charge in [-0.3, -0.25) is 0 Å². The third kappa shape index (κ3) is 0.714. The summed E-state index contributed by atoms with van der Waals surface area (Å²) in [6.07, 6.45) is 9.35. The Morgan fingerprint density at radius 3 is 3.00 bits per heavy atom. The Hall–Kier alpha value is -1.23. The van der Waals surface area contributed by atoms with E-state index in [1.807, 2.05) is 0 Å². The highest BCUT2D eigenvalue weighted by Gasteiger charge is 2.31. The minimum atomic E-state index is 0.619. The lowest BCUT2D eigenvalue weighted by molar-refractivity contribution is 0.958. The molecule has 1 heterocycles. The normalized spacial score (nSPS) is 22.7. The molecule has 49 valence electrons. The van der Waals surface area contributed by atoms with Gasteiger partial charge in [0.2, 0.25) is 0 Å². The van der Waals surface area contributed by atoms with E-state index in [9.17, 15) is 0 Å². The molecule has 1 aliphatic carbocycles. The van der Waals surface area contributed by atoms with Crippen molar-refractivity contribution >= 4 is 5.71 Å². The SMILES string of the molecule is C#CC1=C[N]N=C1C1CC1. The van der Waals surface area contributed by atoms with E-state index in [0.29, 0.717) is 5.92 Å². The van der Waals surface area contributed by atoms with Crippen LogP contribution in [0.3, 0.4) is 0 Å². The van der Waals surface area contributed by atoms with Gasteiger partial charge in [0.25, 0.3) is 0 Å². The highest BCUT2D eigenvalue weighted by molar-refractivity contribution is 6.07. The van der Waals surface area contributed by atoms with Gasteiger partial charge in [0.1, 0.15) is 0 Å². The number of allylic oxidation sites excluding steroid dienone is 1. The molecule has 1 saturated carbocycles. The molecule has 0 aromatic rings. The van der Waals surface area contributed by atoms with Crippen molar-refractivity contribution in [2.24, 2.45) is 11.0 Å². The van der Waals surface area contributed by atoms with Crippen LogP contribution in [0, 0.1) is 18.3 Å². The van der Waals surface area contributed by atoms with E-state index in [1.165, 1.54) is 12.8 Å². The topological polar surface area (TPSA) is 26.5 Å². The molecule has 2 heteroatoms. The van der Waals surface area contributed by atoms with Crippen molar-refractivity contribution in [3.05, 3.63) is 11.8 Å². The van der Waals surface area contributed by atoms with E-state index < -0.39 is 0 Å². The van der Waals surface area contributed by atoms with Crippen molar-refractivity contribution in [2.45, 2.75) is 12.8 Å². The Balaban J connectivity index is 2.22. The quantitative estimate of drug-likeness (QED) is 0.472. The van der Waals surface area contributed by atoms with Gasteiger partial charge in [0.15, 0.2) is 0 Å². The predicted molar refractivity (Wildman–Crippen MR) is 39.2 cm³/mol. The van der Waals surface area contributed by atoms with E-state index in [-0.39, 0.29) is 0 Å². The second-order valence-corrected chi connectivity index (χ2v) is 2.56. The van der Waals surface area contributed by atoms with Gasteiger partial charge < -0.3 is 0 Å². The summed E-state index contributed by atoms with van der Waals surface area (Å²) < 4.78 is 0. The van der Waals surface area contributed by atoms with Crippen molar-refractivity contribution < 1.29 is 0 Å².